The number of benzene rings is 3. The van der Waals surface area contributed by atoms with E-state index in [1.54, 1.807) is 22.8 Å². The molecule has 0 N–H and O–H groups in total. The molecule has 184 valence electrons. The van der Waals surface area contributed by atoms with Gasteiger partial charge in [0.15, 0.2) is 11.6 Å². The summed E-state index contributed by atoms with van der Waals surface area (Å²) in [6.07, 6.45) is 2.90. The van der Waals surface area contributed by atoms with Gasteiger partial charge in [-0.15, -0.1) is 0 Å². The second-order valence-corrected chi connectivity index (χ2v) is 9.07. The van der Waals surface area contributed by atoms with Crippen molar-refractivity contribution in [1.29, 1.82) is 5.26 Å². The van der Waals surface area contributed by atoms with Crippen molar-refractivity contribution in [3.8, 4) is 23.2 Å². The van der Waals surface area contributed by atoms with Crippen LogP contribution in [-0.2, 0) is 11.3 Å². The third-order valence-electron chi connectivity index (χ3n) is 6.18. The number of ether oxygens (including phenoxy) is 2. The number of halogens is 4. The van der Waals surface area contributed by atoms with Gasteiger partial charge in [0.2, 0.25) is 0 Å². The molecule has 1 atom stereocenters. The van der Waals surface area contributed by atoms with E-state index in [4.69, 9.17) is 26.3 Å². The lowest BCUT2D eigenvalue weighted by Crippen LogP contribution is -2.25. The molecule has 9 heteroatoms. The number of nitrogens with zero attached hydrogens (tertiary/aromatic N) is 3. The summed E-state index contributed by atoms with van der Waals surface area (Å²) in [7, 11) is 0. The number of imidazole rings is 1. The van der Waals surface area contributed by atoms with Crippen molar-refractivity contribution in [2.75, 3.05) is 13.2 Å². The molecule has 2 heterocycles. The van der Waals surface area contributed by atoms with E-state index in [0.29, 0.717) is 35.4 Å². The average Bonchev–Trinajstić information content (AvgIpc) is 3.21. The largest absolute Gasteiger partial charge is 0.490 e. The third kappa shape index (κ3) is 4.90. The highest BCUT2D eigenvalue weighted by Gasteiger charge is 2.22. The van der Waals surface area contributed by atoms with Crippen LogP contribution in [-0.4, -0.2) is 28.9 Å². The molecule has 1 saturated heterocycles. The molecule has 0 amide bonds. The second-order valence-electron chi connectivity index (χ2n) is 8.63. The van der Waals surface area contributed by atoms with Crippen LogP contribution >= 0.6 is 11.6 Å². The van der Waals surface area contributed by atoms with E-state index in [1.165, 1.54) is 12.1 Å². The van der Waals surface area contributed by atoms with E-state index in [-0.39, 0.29) is 34.8 Å². The molecule has 5 nitrogen and oxygen atoms in total. The van der Waals surface area contributed by atoms with Crippen LogP contribution in [0.4, 0.5) is 13.2 Å². The predicted octanol–water partition coefficient (Wildman–Crippen LogP) is 6.64. The molecular formula is C27H21ClF3N3O2. The maximum Gasteiger partial charge on any atom is 0.161 e. The summed E-state index contributed by atoms with van der Waals surface area (Å²) in [5.41, 5.74) is 1.45. The van der Waals surface area contributed by atoms with Crippen molar-refractivity contribution >= 4 is 22.6 Å². The molecule has 1 aliphatic heterocycles. The zero-order valence-corrected chi connectivity index (χ0v) is 19.9. The minimum Gasteiger partial charge on any atom is -0.490 e. The first-order valence-electron chi connectivity index (χ1n) is 11.5. The van der Waals surface area contributed by atoms with Gasteiger partial charge in [0.25, 0.3) is 0 Å². The van der Waals surface area contributed by atoms with E-state index in [0.717, 1.165) is 37.5 Å². The molecule has 1 aromatic heterocycles. The van der Waals surface area contributed by atoms with Crippen LogP contribution in [0.1, 0.15) is 30.4 Å². The van der Waals surface area contributed by atoms with E-state index in [2.05, 4.69) is 4.98 Å². The van der Waals surface area contributed by atoms with Crippen LogP contribution in [0.25, 0.3) is 22.4 Å². The molecule has 3 aromatic carbocycles. The molecule has 1 aliphatic rings. The fourth-order valence-corrected chi connectivity index (χ4v) is 4.49. The molecule has 1 fully saturated rings. The lowest BCUT2D eigenvalue weighted by molar-refractivity contribution is -0.0109. The summed E-state index contributed by atoms with van der Waals surface area (Å²) < 4.78 is 56.5. The van der Waals surface area contributed by atoms with Gasteiger partial charge >= 0.3 is 0 Å². The summed E-state index contributed by atoms with van der Waals surface area (Å²) in [6, 6.07) is 13.1. The Kier molecular flexibility index (Phi) is 6.86. The number of rotatable bonds is 6. The molecular weight excluding hydrogens is 491 g/mol. The van der Waals surface area contributed by atoms with Gasteiger partial charge in [-0.25, -0.2) is 18.2 Å². The Morgan fingerprint density at radius 3 is 2.64 bits per heavy atom. The highest BCUT2D eigenvalue weighted by atomic mass is 35.5. The van der Waals surface area contributed by atoms with Crippen LogP contribution in [0.5, 0.6) is 5.75 Å². The highest BCUT2D eigenvalue weighted by Crippen LogP contribution is 2.36. The van der Waals surface area contributed by atoms with Gasteiger partial charge in [0.1, 0.15) is 24.0 Å². The molecule has 0 spiro atoms. The smallest absolute Gasteiger partial charge is 0.161 e. The quantitative estimate of drug-likeness (QED) is 0.291. The molecule has 0 radical (unpaired) electrons. The lowest BCUT2D eigenvalue weighted by Gasteiger charge is -2.23. The van der Waals surface area contributed by atoms with Crippen molar-refractivity contribution in [2.24, 2.45) is 0 Å². The average molecular weight is 512 g/mol. The minimum atomic E-state index is -1.04. The molecule has 0 aliphatic carbocycles. The zero-order chi connectivity index (χ0) is 25.2. The minimum absolute atomic E-state index is 0.0394. The Balaban J connectivity index is 1.61. The van der Waals surface area contributed by atoms with Gasteiger partial charge in [0, 0.05) is 29.3 Å². The number of hydrogen-bond donors (Lipinski definition) is 0. The first-order chi connectivity index (χ1) is 17.4. The van der Waals surface area contributed by atoms with Gasteiger partial charge in [0.05, 0.1) is 40.9 Å². The van der Waals surface area contributed by atoms with Crippen LogP contribution in [0, 0.1) is 28.8 Å². The van der Waals surface area contributed by atoms with Crippen LogP contribution in [0.3, 0.4) is 0 Å². The third-order valence-corrected chi connectivity index (χ3v) is 6.42. The SMILES string of the molecule is N#Cc1ccc(Cn2c(-c3ccc(Cl)cc3OCC3CCCCO3)nc3cc(F)c(F)cc32)c(F)c1. The molecule has 1 unspecified atom stereocenters. The first-order valence-corrected chi connectivity index (χ1v) is 11.9. The van der Waals surface area contributed by atoms with Crippen molar-refractivity contribution in [1.82, 2.24) is 9.55 Å². The molecule has 36 heavy (non-hydrogen) atoms. The Morgan fingerprint density at radius 2 is 1.89 bits per heavy atom. The monoisotopic (exact) mass is 511 g/mol. The molecule has 0 bridgehead atoms. The van der Waals surface area contributed by atoms with Crippen LogP contribution in [0.2, 0.25) is 5.02 Å². The Hall–Kier alpha value is -3.54. The van der Waals surface area contributed by atoms with E-state index < -0.39 is 17.5 Å². The van der Waals surface area contributed by atoms with Gasteiger partial charge in [-0.05, 0) is 49.6 Å². The first kappa shape index (κ1) is 24.2. The van der Waals surface area contributed by atoms with E-state index in [1.807, 2.05) is 6.07 Å². The summed E-state index contributed by atoms with van der Waals surface area (Å²) in [5, 5.41) is 9.50. The summed E-state index contributed by atoms with van der Waals surface area (Å²) in [4.78, 5) is 4.56. The fourth-order valence-electron chi connectivity index (χ4n) is 4.32. The van der Waals surface area contributed by atoms with E-state index in [9.17, 15) is 13.2 Å². The molecule has 4 aromatic rings. The summed E-state index contributed by atoms with van der Waals surface area (Å²) in [5.74, 6) is -1.92. The molecule has 5 rings (SSSR count). The second kappa shape index (κ2) is 10.2. The Morgan fingerprint density at radius 1 is 1.06 bits per heavy atom. The highest BCUT2D eigenvalue weighted by molar-refractivity contribution is 6.30. The number of nitriles is 1. The van der Waals surface area contributed by atoms with E-state index >= 15 is 0 Å². The fraction of sp³-hybridized carbons (Fsp3) is 0.259. The zero-order valence-electron chi connectivity index (χ0n) is 19.1. The Bertz CT molecular complexity index is 1480. The number of fused-ring (bicyclic) bond motifs is 1. The maximum atomic E-state index is 14.8. The molecule has 0 saturated carbocycles. The summed E-state index contributed by atoms with van der Waals surface area (Å²) >= 11 is 6.25. The Labute approximate surface area is 210 Å². The van der Waals surface area contributed by atoms with Crippen LogP contribution in [0.15, 0.2) is 48.5 Å². The lowest BCUT2D eigenvalue weighted by atomic mass is 10.1. The van der Waals surface area contributed by atoms with Gasteiger partial charge in [-0.2, -0.15) is 5.26 Å². The predicted molar refractivity (Wildman–Crippen MR) is 129 cm³/mol. The van der Waals surface area contributed by atoms with Crippen molar-refractivity contribution in [2.45, 2.75) is 31.9 Å². The van der Waals surface area contributed by atoms with Gasteiger partial charge < -0.3 is 14.0 Å². The van der Waals surface area contributed by atoms with Crippen molar-refractivity contribution in [3.05, 3.63) is 82.1 Å². The van der Waals surface area contributed by atoms with Gasteiger partial charge in [-0.3, -0.25) is 0 Å². The van der Waals surface area contributed by atoms with Crippen molar-refractivity contribution in [3.63, 3.8) is 0 Å². The maximum absolute atomic E-state index is 14.8. The number of aromatic nitrogens is 2. The van der Waals surface area contributed by atoms with Crippen LogP contribution < -0.4 is 4.74 Å². The topological polar surface area (TPSA) is 60.1 Å². The summed E-state index contributed by atoms with van der Waals surface area (Å²) in [6.45, 7) is 0.947. The standard InChI is InChI=1S/C27H21ClF3N3O2/c28-18-6-7-20(26(10-18)36-15-19-3-1-2-8-35-19)27-33-24-11-22(30)23(31)12-25(24)34(27)14-17-5-4-16(13-32)9-21(17)29/h4-7,9-12,19H,1-3,8,14-15H2. The van der Waals surface area contributed by atoms with Crippen molar-refractivity contribution < 1.29 is 22.6 Å². The number of hydrogen-bond acceptors (Lipinski definition) is 4. The van der Waals surface area contributed by atoms with Gasteiger partial charge in [-0.1, -0.05) is 17.7 Å². The normalized spacial score (nSPS) is 15.7.